The molecule has 0 bridgehead atoms. The summed E-state index contributed by atoms with van der Waals surface area (Å²) >= 11 is 0. The topological polar surface area (TPSA) is 95.2 Å². The minimum atomic E-state index is -1.40. The van der Waals surface area contributed by atoms with Crippen LogP contribution in [0.15, 0.2) is 0 Å². The minimum Gasteiger partial charge on any atom is -0.196 e. The first kappa shape index (κ1) is 10.0. The van der Waals surface area contributed by atoms with Crippen molar-refractivity contribution in [1.29, 1.82) is 21.0 Å². The third-order valence-corrected chi connectivity index (χ3v) is 2.87. The van der Waals surface area contributed by atoms with E-state index in [1.165, 1.54) is 0 Å². The average Bonchev–Trinajstić information content (AvgIpc) is 2.81. The fourth-order valence-electron chi connectivity index (χ4n) is 1.99. The molecule has 0 atom stereocenters. The molecule has 68 valence electrons. The van der Waals surface area contributed by atoms with Crippen molar-refractivity contribution in [2.45, 2.75) is 19.8 Å². The lowest BCUT2D eigenvalue weighted by Gasteiger charge is -1.92. The number of rotatable bonds is 2. The Bertz CT molecular complexity index is 343. The minimum absolute atomic E-state index is 0.412. The largest absolute Gasteiger partial charge is 0.196 e. The fourth-order valence-corrected chi connectivity index (χ4v) is 1.99. The summed E-state index contributed by atoms with van der Waals surface area (Å²) < 4.78 is 0. The molecule has 0 amide bonds. The summed E-state index contributed by atoms with van der Waals surface area (Å²) in [6.07, 6.45) is 1.34. The van der Waals surface area contributed by atoms with Crippen LogP contribution in [0.2, 0.25) is 0 Å². The monoisotopic (exact) mass is 184 g/mol. The van der Waals surface area contributed by atoms with Crippen molar-refractivity contribution in [1.82, 2.24) is 0 Å². The molecule has 1 aliphatic rings. The van der Waals surface area contributed by atoms with E-state index in [2.05, 4.69) is 0 Å². The van der Waals surface area contributed by atoms with Crippen LogP contribution in [0.4, 0.5) is 0 Å². The molecular weight excluding hydrogens is 176 g/mol. The second-order valence-electron chi connectivity index (χ2n) is 3.40. The Labute approximate surface area is 82.6 Å². The molecule has 0 spiro atoms. The van der Waals surface area contributed by atoms with Crippen LogP contribution in [-0.2, 0) is 0 Å². The molecule has 0 saturated heterocycles. The van der Waals surface area contributed by atoms with Gasteiger partial charge in [0, 0.05) is 5.92 Å². The Kier molecular flexibility index (Phi) is 2.17. The molecule has 0 aromatic carbocycles. The summed E-state index contributed by atoms with van der Waals surface area (Å²) in [7, 11) is 0. The first-order valence-electron chi connectivity index (χ1n) is 4.34. The number of hydrogen-bond donors (Lipinski definition) is 0. The summed E-state index contributed by atoms with van der Waals surface area (Å²) in [5, 5.41) is 35.5. The van der Waals surface area contributed by atoms with Crippen LogP contribution in [0.25, 0.3) is 0 Å². The van der Waals surface area contributed by atoms with Gasteiger partial charge in [0.1, 0.15) is 0 Å². The van der Waals surface area contributed by atoms with Gasteiger partial charge in [-0.15, -0.1) is 0 Å². The van der Waals surface area contributed by atoms with Crippen molar-refractivity contribution >= 4 is 0 Å². The highest BCUT2D eigenvalue weighted by molar-refractivity contribution is 5.50. The van der Waals surface area contributed by atoms with Crippen LogP contribution in [0.5, 0.6) is 0 Å². The summed E-state index contributed by atoms with van der Waals surface area (Å²) in [6, 6.07) is 7.29. The van der Waals surface area contributed by atoms with Crippen molar-refractivity contribution in [3.05, 3.63) is 0 Å². The van der Waals surface area contributed by atoms with Gasteiger partial charge in [-0.25, -0.2) is 0 Å². The van der Waals surface area contributed by atoms with Gasteiger partial charge in [0.05, 0.1) is 24.3 Å². The molecule has 1 saturated carbocycles. The first-order valence-corrected chi connectivity index (χ1v) is 4.34. The molecule has 1 rings (SSSR count). The Morgan fingerprint density at radius 3 is 1.50 bits per heavy atom. The van der Waals surface area contributed by atoms with E-state index in [1.807, 2.05) is 31.2 Å². The highest BCUT2D eigenvalue weighted by Gasteiger charge is 2.80. The normalized spacial score (nSPS) is 20.9. The lowest BCUT2D eigenvalue weighted by Crippen LogP contribution is -2.05. The lowest BCUT2D eigenvalue weighted by molar-refractivity contribution is 0.622. The molecule has 0 aromatic heterocycles. The lowest BCUT2D eigenvalue weighted by atomic mass is 9.98. The zero-order chi connectivity index (χ0) is 10.8. The second kappa shape index (κ2) is 3.02. The Hall–Kier alpha value is -2.04. The zero-order valence-corrected chi connectivity index (χ0v) is 7.78. The smallest absolute Gasteiger partial charge is 0.181 e. The van der Waals surface area contributed by atoms with E-state index in [-0.39, 0.29) is 0 Å². The number of nitriles is 4. The molecule has 1 fully saturated rings. The van der Waals surface area contributed by atoms with E-state index >= 15 is 0 Å². The van der Waals surface area contributed by atoms with Gasteiger partial charge in [-0.05, 0) is 6.42 Å². The SMILES string of the molecule is CCCC1C(C#N)(C#N)C1(C#N)C#N. The van der Waals surface area contributed by atoms with E-state index in [1.54, 1.807) is 0 Å². The van der Waals surface area contributed by atoms with Crippen LogP contribution in [0.1, 0.15) is 19.8 Å². The van der Waals surface area contributed by atoms with Gasteiger partial charge in [-0.3, -0.25) is 0 Å². The molecule has 4 nitrogen and oxygen atoms in total. The fraction of sp³-hybridized carbons (Fsp3) is 0.600. The Morgan fingerprint density at radius 2 is 1.29 bits per heavy atom. The maximum absolute atomic E-state index is 8.88. The van der Waals surface area contributed by atoms with Gasteiger partial charge in [0.2, 0.25) is 0 Å². The van der Waals surface area contributed by atoms with E-state index in [0.29, 0.717) is 6.42 Å². The summed E-state index contributed by atoms with van der Waals surface area (Å²) in [6.45, 7) is 1.90. The second-order valence-corrected chi connectivity index (χ2v) is 3.40. The quantitative estimate of drug-likeness (QED) is 0.649. The first-order chi connectivity index (χ1) is 6.69. The highest BCUT2D eigenvalue weighted by atomic mass is 14.8. The van der Waals surface area contributed by atoms with E-state index in [0.717, 1.165) is 6.42 Å². The van der Waals surface area contributed by atoms with Gasteiger partial charge in [0.15, 0.2) is 10.8 Å². The number of hydrogen-bond acceptors (Lipinski definition) is 4. The van der Waals surface area contributed by atoms with E-state index in [9.17, 15) is 0 Å². The summed E-state index contributed by atoms with van der Waals surface area (Å²) in [4.78, 5) is 0. The number of nitrogens with zero attached hydrogens (tertiary/aromatic N) is 4. The summed E-state index contributed by atoms with van der Waals surface area (Å²) in [5.41, 5.74) is -2.79. The van der Waals surface area contributed by atoms with Gasteiger partial charge >= 0.3 is 0 Å². The Balaban J connectivity index is 3.16. The van der Waals surface area contributed by atoms with Crippen LogP contribution in [-0.4, -0.2) is 0 Å². The van der Waals surface area contributed by atoms with Gasteiger partial charge in [-0.2, -0.15) is 21.0 Å². The maximum atomic E-state index is 8.88. The molecule has 0 unspecified atom stereocenters. The van der Waals surface area contributed by atoms with Gasteiger partial charge < -0.3 is 0 Å². The average molecular weight is 184 g/mol. The molecule has 0 heterocycles. The van der Waals surface area contributed by atoms with Crippen molar-refractivity contribution < 1.29 is 0 Å². The zero-order valence-electron chi connectivity index (χ0n) is 7.78. The third-order valence-electron chi connectivity index (χ3n) is 2.87. The predicted octanol–water partition coefficient (Wildman–Crippen LogP) is 1.48. The predicted molar refractivity (Wildman–Crippen MR) is 45.7 cm³/mol. The highest BCUT2D eigenvalue weighted by Crippen LogP contribution is 2.69. The van der Waals surface area contributed by atoms with Crippen LogP contribution in [0, 0.1) is 62.1 Å². The standard InChI is InChI=1S/C10H8N4/c1-2-3-8-9(4-11,5-12)10(8,6-13)7-14/h8H,2-3H2,1H3. The summed E-state index contributed by atoms with van der Waals surface area (Å²) in [5.74, 6) is -0.412. The van der Waals surface area contributed by atoms with Crippen molar-refractivity contribution in [2.24, 2.45) is 16.7 Å². The molecule has 1 aliphatic carbocycles. The van der Waals surface area contributed by atoms with Gasteiger partial charge in [0.25, 0.3) is 0 Å². The van der Waals surface area contributed by atoms with Gasteiger partial charge in [-0.1, -0.05) is 13.3 Å². The molecule has 0 aliphatic heterocycles. The van der Waals surface area contributed by atoms with Crippen molar-refractivity contribution in [3.63, 3.8) is 0 Å². The van der Waals surface area contributed by atoms with Crippen molar-refractivity contribution in [3.8, 4) is 24.3 Å². The maximum Gasteiger partial charge on any atom is 0.181 e. The molecule has 4 heteroatoms. The van der Waals surface area contributed by atoms with E-state index < -0.39 is 16.7 Å². The molecule has 0 radical (unpaired) electrons. The van der Waals surface area contributed by atoms with Crippen LogP contribution < -0.4 is 0 Å². The third kappa shape index (κ3) is 0.783. The van der Waals surface area contributed by atoms with Crippen LogP contribution in [0.3, 0.4) is 0 Å². The van der Waals surface area contributed by atoms with E-state index in [4.69, 9.17) is 21.0 Å². The van der Waals surface area contributed by atoms with Crippen molar-refractivity contribution in [2.75, 3.05) is 0 Å². The molecule has 0 aromatic rings. The molecule has 14 heavy (non-hydrogen) atoms. The molecule has 0 N–H and O–H groups in total. The molecular formula is C10H8N4. The van der Waals surface area contributed by atoms with Crippen LogP contribution >= 0.6 is 0 Å². The Morgan fingerprint density at radius 1 is 0.929 bits per heavy atom.